The summed E-state index contributed by atoms with van der Waals surface area (Å²) in [5.41, 5.74) is -0.310. The van der Waals surface area contributed by atoms with E-state index in [4.69, 9.17) is 4.74 Å². The molecule has 1 aromatic heterocycles. The van der Waals surface area contributed by atoms with E-state index < -0.39 is 30.1 Å². The summed E-state index contributed by atoms with van der Waals surface area (Å²) < 4.78 is 30.9. The van der Waals surface area contributed by atoms with Gasteiger partial charge in [0, 0.05) is 17.0 Å². The molecule has 0 fully saturated rings. The lowest BCUT2D eigenvalue weighted by atomic mass is 10.3. The number of halogens is 2. The van der Waals surface area contributed by atoms with E-state index in [1.807, 2.05) is 17.5 Å². The Bertz CT molecular complexity index is 699. The number of ether oxygens (including phenoxy) is 1. The molecule has 0 saturated carbocycles. The lowest BCUT2D eigenvalue weighted by Gasteiger charge is -2.06. The highest BCUT2D eigenvalue weighted by Gasteiger charge is 2.09. The van der Waals surface area contributed by atoms with Crippen LogP contribution in [0, 0.1) is 11.6 Å². The molecular formula is C15H11F2NO3S. The van der Waals surface area contributed by atoms with Crippen LogP contribution in [0.15, 0.2) is 41.8 Å². The Morgan fingerprint density at radius 2 is 2.09 bits per heavy atom. The number of amides is 1. The van der Waals surface area contributed by atoms with Gasteiger partial charge in [-0.2, -0.15) is 0 Å². The molecule has 1 heterocycles. The number of esters is 1. The van der Waals surface area contributed by atoms with Crippen LogP contribution in [0.2, 0.25) is 0 Å². The fraction of sp³-hybridized carbons (Fsp3) is 0.0667. The van der Waals surface area contributed by atoms with Crippen molar-refractivity contribution >= 4 is 35.0 Å². The first-order valence-corrected chi connectivity index (χ1v) is 7.06. The highest BCUT2D eigenvalue weighted by Crippen LogP contribution is 2.15. The molecule has 0 saturated heterocycles. The first-order valence-electron chi connectivity index (χ1n) is 6.18. The Hall–Kier alpha value is -2.54. The molecule has 7 heteroatoms. The molecule has 22 heavy (non-hydrogen) atoms. The van der Waals surface area contributed by atoms with Crippen LogP contribution < -0.4 is 5.32 Å². The van der Waals surface area contributed by atoms with Crippen molar-refractivity contribution in [2.45, 2.75) is 0 Å². The summed E-state index contributed by atoms with van der Waals surface area (Å²) in [6, 6.07) is 6.30. The molecule has 0 aliphatic rings. The minimum absolute atomic E-state index is 0.310. The summed E-state index contributed by atoms with van der Waals surface area (Å²) in [4.78, 5) is 23.8. The average molecular weight is 323 g/mol. The second-order valence-electron chi connectivity index (χ2n) is 4.13. The van der Waals surface area contributed by atoms with Gasteiger partial charge in [-0.1, -0.05) is 6.07 Å². The molecule has 0 spiro atoms. The molecule has 0 bridgehead atoms. The Labute approximate surface area is 129 Å². The van der Waals surface area contributed by atoms with Gasteiger partial charge in [-0.3, -0.25) is 4.79 Å². The monoisotopic (exact) mass is 323 g/mol. The zero-order chi connectivity index (χ0) is 15.9. The Morgan fingerprint density at radius 1 is 1.27 bits per heavy atom. The highest BCUT2D eigenvalue weighted by atomic mass is 32.1. The van der Waals surface area contributed by atoms with Crippen molar-refractivity contribution in [3.05, 3.63) is 58.3 Å². The number of anilines is 1. The Kier molecular flexibility index (Phi) is 5.37. The number of hydrogen-bond donors (Lipinski definition) is 1. The van der Waals surface area contributed by atoms with Crippen LogP contribution in [0.1, 0.15) is 4.88 Å². The van der Waals surface area contributed by atoms with E-state index in [1.165, 1.54) is 17.4 Å². The molecule has 0 atom stereocenters. The molecule has 0 unspecified atom stereocenters. The summed E-state index contributed by atoms with van der Waals surface area (Å²) in [6.07, 6.45) is 2.74. The van der Waals surface area contributed by atoms with E-state index in [-0.39, 0.29) is 5.69 Å². The van der Waals surface area contributed by atoms with Crippen molar-refractivity contribution in [2.75, 3.05) is 11.9 Å². The van der Waals surface area contributed by atoms with E-state index in [2.05, 4.69) is 5.32 Å². The van der Waals surface area contributed by atoms with Gasteiger partial charge >= 0.3 is 5.97 Å². The van der Waals surface area contributed by atoms with Crippen molar-refractivity contribution < 1.29 is 23.1 Å². The second kappa shape index (κ2) is 7.46. The maximum absolute atomic E-state index is 13.3. The lowest BCUT2D eigenvalue weighted by molar-refractivity contribution is -0.142. The molecule has 1 aromatic carbocycles. The van der Waals surface area contributed by atoms with Gasteiger partial charge in [0.2, 0.25) is 0 Å². The van der Waals surface area contributed by atoms with Gasteiger partial charge in [-0.05, 0) is 29.7 Å². The molecule has 114 valence electrons. The molecule has 4 nitrogen and oxygen atoms in total. The van der Waals surface area contributed by atoms with Crippen LogP contribution in [-0.4, -0.2) is 18.5 Å². The summed E-state index contributed by atoms with van der Waals surface area (Å²) in [5, 5.41) is 3.98. The first-order chi connectivity index (χ1) is 10.5. The summed E-state index contributed by atoms with van der Waals surface area (Å²) in [6.45, 7) is -0.594. The minimum Gasteiger partial charge on any atom is -0.452 e. The summed E-state index contributed by atoms with van der Waals surface area (Å²) in [7, 11) is 0. The zero-order valence-electron chi connectivity index (χ0n) is 11.2. The van der Waals surface area contributed by atoms with Crippen LogP contribution in [0.4, 0.5) is 14.5 Å². The van der Waals surface area contributed by atoms with E-state index in [0.29, 0.717) is 0 Å². The fourth-order valence-electron chi connectivity index (χ4n) is 1.50. The summed E-state index contributed by atoms with van der Waals surface area (Å²) in [5.74, 6) is -2.93. The van der Waals surface area contributed by atoms with Gasteiger partial charge in [0.1, 0.15) is 11.6 Å². The first kappa shape index (κ1) is 15.8. The Balaban J connectivity index is 1.82. The summed E-state index contributed by atoms with van der Waals surface area (Å²) >= 11 is 1.44. The van der Waals surface area contributed by atoms with Crippen molar-refractivity contribution in [3.8, 4) is 0 Å². The average Bonchev–Trinajstić information content (AvgIpc) is 3.00. The molecule has 0 aliphatic carbocycles. The predicted octanol–water partition coefficient (Wildman–Crippen LogP) is 3.22. The zero-order valence-corrected chi connectivity index (χ0v) is 12.0. The van der Waals surface area contributed by atoms with Gasteiger partial charge in [-0.15, -0.1) is 11.3 Å². The molecular weight excluding hydrogens is 312 g/mol. The van der Waals surface area contributed by atoms with E-state index >= 15 is 0 Å². The van der Waals surface area contributed by atoms with Crippen molar-refractivity contribution in [1.29, 1.82) is 0 Å². The number of rotatable bonds is 5. The van der Waals surface area contributed by atoms with Gasteiger partial charge in [-0.25, -0.2) is 13.6 Å². The number of hydrogen-bond acceptors (Lipinski definition) is 4. The molecule has 1 amide bonds. The van der Waals surface area contributed by atoms with Crippen LogP contribution in [0.3, 0.4) is 0 Å². The van der Waals surface area contributed by atoms with E-state index in [1.54, 1.807) is 6.08 Å². The molecule has 2 rings (SSSR count). The number of carbonyl (C=O) groups excluding carboxylic acids is 2. The normalized spacial score (nSPS) is 10.6. The maximum Gasteiger partial charge on any atom is 0.331 e. The van der Waals surface area contributed by atoms with E-state index in [0.717, 1.165) is 23.1 Å². The third-order valence-corrected chi connectivity index (χ3v) is 3.31. The number of nitrogens with one attached hydrogen (secondary N) is 1. The highest BCUT2D eigenvalue weighted by molar-refractivity contribution is 7.10. The van der Waals surface area contributed by atoms with Crippen molar-refractivity contribution in [1.82, 2.24) is 0 Å². The molecule has 0 aliphatic heterocycles. The maximum atomic E-state index is 13.3. The van der Waals surface area contributed by atoms with E-state index in [9.17, 15) is 18.4 Å². The Morgan fingerprint density at radius 3 is 2.82 bits per heavy atom. The topological polar surface area (TPSA) is 55.4 Å². The fourth-order valence-corrected chi connectivity index (χ4v) is 2.12. The second-order valence-corrected chi connectivity index (χ2v) is 5.11. The number of benzene rings is 1. The van der Waals surface area contributed by atoms with Crippen molar-refractivity contribution in [2.24, 2.45) is 0 Å². The third-order valence-electron chi connectivity index (χ3n) is 2.47. The largest absolute Gasteiger partial charge is 0.452 e. The van der Waals surface area contributed by atoms with Crippen LogP contribution >= 0.6 is 11.3 Å². The number of thiophene rings is 1. The molecule has 1 N–H and O–H groups in total. The van der Waals surface area contributed by atoms with Gasteiger partial charge < -0.3 is 10.1 Å². The van der Waals surface area contributed by atoms with Crippen LogP contribution in [0.5, 0.6) is 0 Å². The predicted molar refractivity (Wildman–Crippen MR) is 79.3 cm³/mol. The standard InChI is InChI=1S/C15H11F2NO3S/c16-10-3-5-12(17)13(8-10)18-14(19)9-21-15(20)6-4-11-2-1-7-22-11/h1-8H,9H2,(H,18,19). The van der Waals surface area contributed by atoms with Crippen LogP contribution in [0.25, 0.3) is 6.08 Å². The minimum atomic E-state index is -0.779. The van der Waals surface area contributed by atoms with Gasteiger partial charge in [0.25, 0.3) is 5.91 Å². The van der Waals surface area contributed by atoms with Gasteiger partial charge in [0.05, 0.1) is 5.69 Å². The quantitative estimate of drug-likeness (QED) is 0.679. The van der Waals surface area contributed by atoms with Crippen LogP contribution in [-0.2, 0) is 14.3 Å². The number of carbonyl (C=O) groups is 2. The molecule has 2 aromatic rings. The SMILES string of the molecule is O=C(COC(=O)C=Cc1cccs1)Nc1cc(F)ccc1F. The third kappa shape index (κ3) is 4.78. The van der Waals surface area contributed by atoms with Crippen molar-refractivity contribution in [3.63, 3.8) is 0 Å². The molecule has 0 radical (unpaired) electrons. The van der Waals surface area contributed by atoms with Gasteiger partial charge in [0.15, 0.2) is 6.61 Å². The lowest BCUT2D eigenvalue weighted by Crippen LogP contribution is -2.20. The smallest absolute Gasteiger partial charge is 0.331 e.